The lowest BCUT2D eigenvalue weighted by molar-refractivity contribution is -0.123. The van der Waals surface area contributed by atoms with Crippen molar-refractivity contribution in [3.63, 3.8) is 0 Å². The number of amidine groups is 1. The van der Waals surface area contributed by atoms with Crippen LogP contribution in [-0.2, 0) is 4.79 Å². The van der Waals surface area contributed by atoms with Crippen LogP contribution in [0.3, 0.4) is 0 Å². The third-order valence-corrected chi connectivity index (χ3v) is 4.49. The maximum absolute atomic E-state index is 12.3. The van der Waals surface area contributed by atoms with Crippen LogP contribution in [0.4, 0.5) is 5.69 Å². The van der Waals surface area contributed by atoms with Gasteiger partial charge in [-0.05, 0) is 44.0 Å². The number of carbonyl (C=O) groups is 2. The lowest BCUT2D eigenvalue weighted by Crippen LogP contribution is -2.42. The van der Waals surface area contributed by atoms with Gasteiger partial charge in [0, 0.05) is 6.54 Å². The Morgan fingerprint density at radius 1 is 1.42 bits per heavy atom. The van der Waals surface area contributed by atoms with Crippen LogP contribution in [0.5, 0.6) is 0 Å². The van der Waals surface area contributed by atoms with Gasteiger partial charge in [-0.25, -0.2) is 14.8 Å². The largest absolute Gasteiger partial charge is 0.478 e. The summed E-state index contributed by atoms with van der Waals surface area (Å²) in [6.07, 6.45) is 1.52. The highest BCUT2D eigenvalue weighted by atomic mass is 16.4. The monoisotopic (exact) mass is 355 g/mol. The fourth-order valence-electron chi connectivity index (χ4n) is 3.06. The van der Waals surface area contributed by atoms with E-state index in [0.717, 1.165) is 16.8 Å². The molecule has 0 spiro atoms. The Labute approximate surface area is 151 Å². The number of nitrogens with one attached hydrogen (secondary N) is 2. The van der Waals surface area contributed by atoms with Crippen molar-refractivity contribution in [1.82, 2.24) is 15.8 Å². The molecule has 136 valence electrons. The van der Waals surface area contributed by atoms with Gasteiger partial charge in [-0.2, -0.15) is 0 Å². The lowest BCUT2D eigenvalue weighted by Gasteiger charge is -2.25. The van der Waals surface area contributed by atoms with Crippen molar-refractivity contribution in [3.8, 4) is 0 Å². The number of fused-ring (bicyclic) bond motifs is 1. The minimum Gasteiger partial charge on any atom is -0.478 e. The summed E-state index contributed by atoms with van der Waals surface area (Å²) in [6, 6.07) is 4.79. The third kappa shape index (κ3) is 3.17. The van der Waals surface area contributed by atoms with Crippen LogP contribution in [0.15, 0.2) is 39.5 Å². The predicted octanol–water partition coefficient (Wildman–Crippen LogP) is 1.61. The molecular formula is C18H21N5O3. The second-order valence-corrected chi connectivity index (χ2v) is 6.22. The molecule has 8 heteroatoms. The Bertz CT molecular complexity index is 856. The van der Waals surface area contributed by atoms with Crippen LogP contribution in [-0.4, -0.2) is 47.3 Å². The van der Waals surface area contributed by atoms with Crippen molar-refractivity contribution >= 4 is 29.7 Å². The molecule has 3 N–H and O–H groups in total. The standard InChI is InChI=1S/C18H21N5O3/c1-4-19-17(24)13-8-23-15(11(13)3)16(20-9-21-23)22-14-7-12(18(25)26)6-5-10(14)2/h5-7,9,13H,4,8H2,1-3H3,(H,19,24)(H,25,26)(H,20,21,22). The quantitative estimate of drug-likeness (QED) is 0.761. The summed E-state index contributed by atoms with van der Waals surface area (Å²) in [6.45, 7) is 6.71. The van der Waals surface area contributed by atoms with Crippen LogP contribution in [0.25, 0.3) is 0 Å². The fourth-order valence-corrected chi connectivity index (χ4v) is 3.06. The molecule has 1 amide bonds. The number of rotatable bonds is 4. The summed E-state index contributed by atoms with van der Waals surface area (Å²) < 4.78 is 0. The zero-order chi connectivity index (χ0) is 18.8. The first kappa shape index (κ1) is 17.7. The average molecular weight is 355 g/mol. The van der Waals surface area contributed by atoms with Crippen molar-refractivity contribution in [2.24, 2.45) is 15.9 Å². The van der Waals surface area contributed by atoms with E-state index in [2.05, 4.69) is 20.7 Å². The highest BCUT2D eigenvalue weighted by Gasteiger charge is 2.37. The average Bonchev–Trinajstić information content (AvgIpc) is 2.95. The zero-order valence-corrected chi connectivity index (χ0v) is 14.9. The van der Waals surface area contributed by atoms with Gasteiger partial charge in [0.25, 0.3) is 0 Å². The number of aliphatic imine (C=N–C) groups is 2. The molecule has 0 bridgehead atoms. The molecule has 0 saturated carbocycles. The summed E-state index contributed by atoms with van der Waals surface area (Å²) in [5.74, 6) is -0.860. The molecule has 1 unspecified atom stereocenters. The van der Waals surface area contributed by atoms with E-state index in [1.54, 1.807) is 12.1 Å². The second kappa shape index (κ2) is 6.99. The molecule has 0 radical (unpaired) electrons. The SMILES string of the molecule is CCNC(=O)C1CN2NC=NC(=Nc3cc(C(=O)O)ccc3C)C2=C1C. The number of hydrazine groups is 1. The van der Waals surface area contributed by atoms with Gasteiger partial charge in [-0.3, -0.25) is 15.2 Å². The lowest BCUT2D eigenvalue weighted by atomic mass is 10.0. The van der Waals surface area contributed by atoms with Crippen molar-refractivity contribution in [3.05, 3.63) is 40.6 Å². The molecule has 26 heavy (non-hydrogen) atoms. The molecule has 1 atom stereocenters. The zero-order valence-electron chi connectivity index (χ0n) is 14.9. The van der Waals surface area contributed by atoms with Gasteiger partial charge in [-0.1, -0.05) is 6.07 Å². The second-order valence-electron chi connectivity index (χ2n) is 6.22. The third-order valence-electron chi connectivity index (χ3n) is 4.49. The van der Waals surface area contributed by atoms with E-state index in [9.17, 15) is 14.7 Å². The maximum Gasteiger partial charge on any atom is 0.335 e. The smallest absolute Gasteiger partial charge is 0.335 e. The van der Waals surface area contributed by atoms with Crippen molar-refractivity contribution in [2.75, 3.05) is 13.1 Å². The Balaban J connectivity index is 2.02. The van der Waals surface area contributed by atoms with Gasteiger partial charge in [0.15, 0.2) is 5.84 Å². The van der Waals surface area contributed by atoms with Crippen LogP contribution >= 0.6 is 0 Å². The van der Waals surface area contributed by atoms with E-state index >= 15 is 0 Å². The molecule has 1 aromatic carbocycles. The minimum absolute atomic E-state index is 0.0305. The van der Waals surface area contributed by atoms with E-state index in [4.69, 9.17) is 0 Å². The normalized spacial score (nSPS) is 20.2. The molecule has 0 aliphatic carbocycles. The number of carbonyl (C=O) groups excluding carboxylic acids is 1. The summed E-state index contributed by atoms with van der Waals surface area (Å²) in [5.41, 5.74) is 6.22. The maximum atomic E-state index is 12.3. The van der Waals surface area contributed by atoms with Crippen molar-refractivity contribution in [2.45, 2.75) is 20.8 Å². The Kier molecular flexibility index (Phi) is 4.75. The van der Waals surface area contributed by atoms with Crippen molar-refractivity contribution in [1.29, 1.82) is 0 Å². The van der Waals surface area contributed by atoms with Gasteiger partial charge in [0.2, 0.25) is 5.91 Å². The Hall–Kier alpha value is -3.16. The number of carboxylic acid groups (broad SMARTS) is 1. The molecule has 0 aromatic heterocycles. The van der Waals surface area contributed by atoms with Gasteiger partial charge >= 0.3 is 5.97 Å². The van der Waals surface area contributed by atoms with E-state index < -0.39 is 5.97 Å². The van der Waals surface area contributed by atoms with Crippen LogP contribution < -0.4 is 10.7 Å². The number of amides is 1. The van der Waals surface area contributed by atoms with Crippen LogP contribution in [0.1, 0.15) is 29.8 Å². The fraction of sp³-hybridized carbons (Fsp3) is 0.333. The number of benzene rings is 1. The molecule has 3 rings (SSSR count). The molecule has 8 nitrogen and oxygen atoms in total. The van der Waals surface area contributed by atoms with Gasteiger partial charge in [0.1, 0.15) is 12.0 Å². The van der Waals surface area contributed by atoms with Crippen LogP contribution in [0, 0.1) is 12.8 Å². The first-order chi connectivity index (χ1) is 12.4. The molecule has 2 aliphatic rings. The van der Waals surface area contributed by atoms with E-state index in [0.29, 0.717) is 24.6 Å². The molecular weight excluding hydrogens is 334 g/mol. The van der Waals surface area contributed by atoms with Gasteiger partial charge in [-0.15, -0.1) is 0 Å². The van der Waals surface area contributed by atoms with Crippen LogP contribution in [0.2, 0.25) is 0 Å². The Morgan fingerprint density at radius 2 is 2.19 bits per heavy atom. The number of aromatic carboxylic acids is 1. The van der Waals surface area contributed by atoms with E-state index in [-0.39, 0.29) is 17.4 Å². The Morgan fingerprint density at radius 3 is 2.88 bits per heavy atom. The number of hydrogen-bond donors (Lipinski definition) is 3. The molecule has 2 heterocycles. The summed E-state index contributed by atoms with van der Waals surface area (Å²) in [4.78, 5) is 32.4. The van der Waals surface area contributed by atoms with Gasteiger partial charge < -0.3 is 10.4 Å². The highest BCUT2D eigenvalue weighted by molar-refractivity contribution is 6.07. The first-order valence-electron chi connectivity index (χ1n) is 8.40. The number of aryl methyl sites for hydroxylation is 1. The van der Waals surface area contributed by atoms with Crippen molar-refractivity contribution < 1.29 is 14.7 Å². The number of nitrogens with zero attached hydrogens (tertiary/aromatic N) is 3. The first-order valence-corrected chi connectivity index (χ1v) is 8.40. The predicted molar refractivity (Wildman–Crippen MR) is 98.4 cm³/mol. The molecule has 1 aromatic rings. The molecule has 2 aliphatic heterocycles. The summed E-state index contributed by atoms with van der Waals surface area (Å²) in [7, 11) is 0. The van der Waals surface area contributed by atoms with E-state index in [1.165, 1.54) is 12.4 Å². The highest BCUT2D eigenvalue weighted by Crippen LogP contribution is 2.31. The van der Waals surface area contributed by atoms with Gasteiger partial charge in [0.05, 0.1) is 23.7 Å². The van der Waals surface area contributed by atoms with E-state index in [1.807, 2.05) is 25.8 Å². The number of carboxylic acids is 1. The summed E-state index contributed by atoms with van der Waals surface area (Å²) >= 11 is 0. The molecule has 0 saturated heterocycles. The summed E-state index contributed by atoms with van der Waals surface area (Å²) in [5, 5.41) is 13.9. The topological polar surface area (TPSA) is 106 Å². The minimum atomic E-state index is -1.01. The number of hydrogen-bond acceptors (Lipinski definition) is 5. The molecule has 0 fully saturated rings.